The van der Waals surface area contributed by atoms with Gasteiger partial charge in [-0.1, -0.05) is 11.6 Å². The monoisotopic (exact) mass is 311 g/mol. The Balaban J connectivity index is 1.76. The number of benzene rings is 1. The van der Waals surface area contributed by atoms with E-state index in [1.165, 1.54) is 0 Å². The van der Waals surface area contributed by atoms with Crippen LogP contribution in [-0.2, 0) is 11.3 Å². The van der Waals surface area contributed by atoms with E-state index in [-0.39, 0.29) is 11.7 Å². The minimum Gasteiger partial charge on any atom is -0.508 e. The zero-order valence-corrected chi connectivity index (χ0v) is 13.0. The van der Waals surface area contributed by atoms with Gasteiger partial charge < -0.3 is 15.7 Å². The summed E-state index contributed by atoms with van der Waals surface area (Å²) < 4.78 is 0. The molecule has 1 aliphatic rings. The maximum absolute atomic E-state index is 11.3. The van der Waals surface area contributed by atoms with Gasteiger partial charge in [-0.3, -0.25) is 9.69 Å². The van der Waals surface area contributed by atoms with Crippen LogP contribution < -0.4 is 10.6 Å². The molecule has 1 aromatic carbocycles. The summed E-state index contributed by atoms with van der Waals surface area (Å²) in [5.41, 5.74) is 0.815. The Kier molecular flexibility index (Phi) is 5.85. The molecule has 3 N–H and O–H groups in total. The predicted molar refractivity (Wildman–Crippen MR) is 83.5 cm³/mol. The molecule has 0 radical (unpaired) electrons. The third-order valence-corrected chi connectivity index (χ3v) is 4.09. The summed E-state index contributed by atoms with van der Waals surface area (Å²) in [5, 5.41) is 16.5. The topological polar surface area (TPSA) is 64.6 Å². The van der Waals surface area contributed by atoms with Crippen LogP contribution in [0.3, 0.4) is 0 Å². The Labute approximate surface area is 130 Å². The Bertz CT molecular complexity index is 488. The van der Waals surface area contributed by atoms with Gasteiger partial charge in [0.2, 0.25) is 5.91 Å². The van der Waals surface area contributed by atoms with Gasteiger partial charge in [-0.2, -0.15) is 0 Å². The fraction of sp³-hybridized carbons (Fsp3) is 0.533. The molecule has 0 spiro atoms. The van der Waals surface area contributed by atoms with E-state index >= 15 is 0 Å². The van der Waals surface area contributed by atoms with Crippen molar-refractivity contribution < 1.29 is 9.90 Å². The number of rotatable bonds is 5. The number of hydrogen-bond donors (Lipinski definition) is 3. The third kappa shape index (κ3) is 4.88. The molecular formula is C15H22ClN3O2. The van der Waals surface area contributed by atoms with E-state index in [9.17, 15) is 9.90 Å². The largest absolute Gasteiger partial charge is 0.508 e. The van der Waals surface area contributed by atoms with Crippen molar-refractivity contribution in [3.63, 3.8) is 0 Å². The van der Waals surface area contributed by atoms with Crippen molar-refractivity contribution in [1.29, 1.82) is 0 Å². The summed E-state index contributed by atoms with van der Waals surface area (Å²) in [6.07, 6.45) is 2.00. The fourth-order valence-electron chi connectivity index (χ4n) is 2.53. The molecule has 2 rings (SSSR count). The number of carbonyl (C=O) groups is 1. The third-order valence-electron chi connectivity index (χ3n) is 3.86. The fourth-order valence-corrected chi connectivity index (χ4v) is 2.72. The summed E-state index contributed by atoms with van der Waals surface area (Å²) in [4.78, 5) is 13.5. The van der Waals surface area contributed by atoms with Crippen LogP contribution in [0, 0.1) is 0 Å². The molecule has 0 bridgehead atoms. The molecule has 0 saturated carbocycles. The Morgan fingerprint density at radius 2 is 2.14 bits per heavy atom. The number of phenols is 1. The van der Waals surface area contributed by atoms with Crippen LogP contribution in [0.4, 0.5) is 0 Å². The van der Waals surface area contributed by atoms with Gasteiger partial charge in [0, 0.05) is 43.3 Å². The van der Waals surface area contributed by atoms with E-state index in [0.29, 0.717) is 24.2 Å². The number of likely N-dealkylation sites (tertiary alicyclic amines) is 1. The van der Waals surface area contributed by atoms with Crippen LogP contribution in [0.15, 0.2) is 18.2 Å². The average molecular weight is 312 g/mol. The number of phenolic OH excluding ortho intramolecular Hbond substituents is 1. The Morgan fingerprint density at radius 3 is 2.81 bits per heavy atom. The molecule has 0 aliphatic carbocycles. The minimum atomic E-state index is 0.0604. The number of amides is 1. The summed E-state index contributed by atoms with van der Waals surface area (Å²) in [6.45, 7) is 2.89. The Hall–Kier alpha value is -1.30. The van der Waals surface area contributed by atoms with Crippen LogP contribution in [-0.4, -0.2) is 48.6 Å². The summed E-state index contributed by atoms with van der Waals surface area (Å²) >= 11 is 5.94. The number of aromatic hydroxyl groups is 1. The number of hydrogen-bond acceptors (Lipinski definition) is 4. The van der Waals surface area contributed by atoms with Crippen molar-refractivity contribution in [2.45, 2.75) is 25.4 Å². The van der Waals surface area contributed by atoms with Gasteiger partial charge in [0.25, 0.3) is 0 Å². The summed E-state index contributed by atoms with van der Waals surface area (Å²) in [6, 6.07) is 5.48. The lowest BCUT2D eigenvalue weighted by Gasteiger charge is -2.31. The number of piperidine rings is 1. The van der Waals surface area contributed by atoms with Gasteiger partial charge >= 0.3 is 0 Å². The highest BCUT2D eigenvalue weighted by atomic mass is 35.5. The lowest BCUT2D eigenvalue weighted by molar-refractivity contribution is -0.122. The van der Waals surface area contributed by atoms with E-state index in [1.54, 1.807) is 25.2 Å². The lowest BCUT2D eigenvalue weighted by Crippen LogP contribution is -2.45. The van der Waals surface area contributed by atoms with E-state index in [1.807, 2.05) is 0 Å². The molecular weight excluding hydrogens is 290 g/mol. The van der Waals surface area contributed by atoms with Crippen molar-refractivity contribution in [3.8, 4) is 5.75 Å². The van der Waals surface area contributed by atoms with E-state index in [0.717, 1.165) is 31.5 Å². The van der Waals surface area contributed by atoms with Crippen molar-refractivity contribution in [2.24, 2.45) is 0 Å². The molecule has 6 heteroatoms. The van der Waals surface area contributed by atoms with Crippen molar-refractivity contribution in [2.75, 3.05) is 26.7 Å². The first-order valence-corrected chi connectivity index (χ1v) is 7.60. The molecule has 0 aromatic heterocycles. The molecule has 21 heavy (non-hydrogen) atoms. The molecule has 1 amide bonds. The maximum atomic E-state index is 11.3. The van der Waals surface area contributed by atoms with Gasteiger partial charge in [0.1, 0.15) is 5.75 Å². The smallest absolute Gasteiger partial charge is 0.233 e. The van der Waals surface area contributed by atoms with Gasteiger partial charge in [-0.25, -0.2) is 0 Å². The maximum Gasteiger partial charge on any atom is 0.233 e. The van der Waals surface area contributed by atoms with Crippen LogP contribution in [0.1, 0.15) is 18.4 Å². The first-order valence-electron chi connectivity index (χ1n) is 7.22. The first kappa shape index (κ1) is 16.1. The second-order valence-electron chi connectivity index (χ2n) is 5.38. The van der Waals surface area contributed by atoms with Crippen molar-refractivity contribution in [3.05, 3.63) is 28.8 Å². The lowest BCUT2D eigenvalue weighted by atomic mass is 10.0. The van der Waals surface area contributed by atoms with Crippen LogP contribution in [0.2, 0.25) is 5.02 Å². The summed E-state index contributed by atoms with van der Waals surface area (Å²) in [5.74, 6) is 0.328. The zero-order valence-electron chi connectivity index (χ0n) is 12.2. The van der Waals surface area contributed by atoms with E-state index in [2.05, 4.69) is 15.5 Å². The normalized spacial score (nSPS) is 16.9. The van der Waals surface area contributed by atoms with Crippen molar-refractivity contribution >= 4 is 17.5 Å². The molecule has 1 saturated heterocycles. The highest BCUT2D eigenvalue weighted by Crippen LogP contribution is 2.21. The highest BCUT2D eigenvalue weighted by Gasteiger charge is 2.20. The number of nitrogens with zero attached hydrogens (tertiary/aromatic N) is 1. The number of nitrogens with one attached hydrogen (secondary N) is 2. The molecule has 0 atom stereocenters. The molecule has 1 aliphatic heterocycles. The summed E-state index contributed by atoms with van der Waals surface area (Å²) in [7, 11) is 1.66. The van der Waals surface area contributed by atoms with Crippen molar-refractivity contribution in [1.82, 2.24) is 15.5 Å². The second kappa shape index (κ2) is 7.64. The standard InChI is InChI=1S/C15H22ClN3O2/c1-17-15(21)10-19-6-4-13(5-7-19)18-9-11-8-12(16)2-3-14(11)20/h2-3,8,13,18,20H,4-7,9-10H2,1H3,(H,17,21). The number of carbonyl (C=O) groups excluding carboxylic acids is 1. The van der Waals surface area contributed by atoms with Crippen LogP contribution in [0.5, 0.6) is 5.75 Å². The minimum absolute atomic E-state index is 0.0604. The van der Waals surface area contributed by atoms with E-state index in [4.69, 9.17) is 11.6 Å². The highest BCUT2D eigenvalue weighted by molar-refractivity contribution is 6.30. The quantitative estimate of drug-likeness (QED) is 0.768. The van der Waals surface area contributed by atoms with Gasteiger partial charge in [-0.15, -0.1) is 0 Å². The van der Waals surface area contributed by atoms with Gasteiger partial charge in [0.15, 0.2) is 0 Å². The number of likely N-dealkylation sites (N-methyl/N-ethyl adjacent to an activating group) is 1. The average Bonchev–Trinajstić information content (AvgIpc) is 2.49. The SMILES string of the molecule is CNC(=O)CN1CCC(NCc2cc(Cl)ccc2O)CC1. The Morgan fingerprint density at radius 1 is 1.43 bits per heavy atom. The van der Waals surface area contributed by atoms with Crippen LogP contribution >= 0.6 is 11.6 Å². The number of halogens is 1. The molecule has 1 aromatic rings. The molecule has 1 heterocycles. The molecule has 1 fully saturated rings. The molecule has 5 nitrogen and oxygen atoms in total. The van der Waals surface area contributed by atoms with Gasteiger partial charge in [-0.05, 0) is 31.0 Å². The van der Waals surface area contributed by atoms with E-state index < -0.39 is 0 Å². The second-order valence-corrected chi connectivity index (χ2v) is 5.81. The predicted octanol–water partition coefficient (Wildman–Crippen LogP) is 1.35. The zero-order chi connectivity index (χ0) is 15.2. The molecule has 0 unspecified atom stereocenters. The van der Waals surface area contributed by atoms with Gasteiger partial charge in [0.05, 0.1) is 6.54 Å². The molecule has 116 valence electrons. The first-order chi connectivity index (χ1) is 10.1. The van der Waals surface area contributed by atoms with Crippen LogP contribution in [0.25, 0.3) is 0 Å².